The number of rotatable bonds is 9. The molecule has 0 bridgehead atoms. The van der Waals surface area contributed by atoms with Crippen LogP contribution in [0.25, 0.3) is 0 Å². The van der Waals surface area contributed by atoms with Crippen LogP contribution in [0.3, 0.4) is 0 Å². The third-order valence-corrected chi connectivity index (χ3v) is 3.07. The summed E-state index contributed by atoms with van der Waals surface area (Å²) in [5.41, 5.74) is 2.12. The Morgan fingerprint density at radius 3 is 2.89 bits per heavy atom. The Bertz CT molecular complexity index is 392. The molecule has 1 N–H and O–H groups in total. The molecule has 19 heavy (non-hydrogen) atoms. The molecule has 0 radical (unpaired) electrons. The summed E-state index contributed by atoms with van der Waals surface area (Å²) >= 11 is 0. The first kappa shape index (κ1) is 14.3. The number of nitrogens with one attached hydrogen (secondary N) is 1. The highest BCUT2D eigenvalue weighted by Crippen LogP contribution is 2.22. The Kier molecular flexibility index (Phi) is 5.61. The van der Waals surface area contributed by atoms with Gasteiger partial charge in [0.2, 0.25) is 0 Å². The molecule has 1 saturated carbocycles. The number of aromatic nitrogens is 1. The van der Waals surface area contributed by atoms with Crippen LogP contribution in [0.5, 0.6) is 5.75 Å². The Hall–Kier alpha value is -1.13. The molecule has 106 valence electrons. The minimum absolute atomic E-state index is 0.597. The number of hydrogen-bond acceptors (Lipinski definition) is 4. The predicted molar refractivity (Wildman–Crippen MR) is 75.4 cm³/mol. The summed E-state index contributed by atoms with van der Waals surface area (Å²) in [4.78, 5) is 4.34. The molecule has 0 amide bonds. The second kappa shape index (κ2) is 7.46. The maximum absolute atomic E-state index is 5.81. The van der Waals surface area contributed by atoms with Crippen molar-refractivity contribution in [3.05, 3.63) is 23.5 Å². The number of aryl methyl sites for hydroxylation is 1. The van der Waals surface area contributed by atoms with Gasteiger partial charge in [0.15, 0.2) is 0 Å². The molecule has 1 aromatic heterocycles. The Morgan fingerprint density at radius 2 is 2.16 bits per heavy atom. The van der Waals surface area contributed by atoms with Crippen molar-refractivity contribution in [2.45, 2.75) is 45.7 Å². The van der Waals surface area contributed by atoms with E-state index in [1.165, 1.54) is 12.8 Å². The van der Waals surface area contributed by atoms with Crippen LogP contribution in [0.4, 0.5) is 0 Å². The molecule has 0 aromatic carbocycles. The minimum atomic E-state index is 0.597. The smallest absolute Gasteiger partial charge is 0.127 e. The highest BCUT2D eigenvalue weighted by Gasteiger charge is 2.20. The van der Waals surface area contributed by atoms with E-state index >= 15 is 0 Å². The first-order valence-electron chi connectivity index (χ1n) is 7.19. The second-order valence-corrected chi connectivity index (χ2v) is 5.05. The van der Waals surface area contributed by atoms with E-state index in [1.807, 2.05) is 19.2 Å². The number of nitrogens with zero attached hydrogens (tertiary/aromatic N) is 1. The molecule has 0 unspecified atom stereocenters. The van der Waals surface area contributed by atoms with Crippen LogP contribution >= 0.6 is 0 Å². The maximum atomic E-state index is 5.81. The fraction of sp³-hybridized carbons (Fsp3) is 0.667. The van der Waals surface area contributed by atoms with Gasteiger partial charge in [0.25, 0.3) is 0 Å². The van der Waals surface area contributed by atoms with Gasteiger partial charge in [-0.2, -0.15) is 0 Å². The zero-order valence-electron chi connectivity index (χ0n) is 11.9. The number of pyridine rings is 1. The summed E-state index contributed by atoms with van der Waals surface area (Å²) in [6.07, 6.45) is 5.54. The van der Waals surface area contributed by atoms with E-state index in [0.29, 0.717) is 19.3 Å². The van der Waals surface area contributed by atoms with Crippen molar-refractivity contribution in [3.63, 3.8) is 0 Å². The van der Waals surface area contributed by atoms with E-state index in [-0.39, 0.29) is 0 Å². The van der Waals surface area contributed by atoms with Gasteiger partial charge < -0.3 is 14.8 Å². The van der Waals surface area contributed by atoms with Crippen molar-refractivity contribution >= 4 is 0 Å². The lowest BCUT2D eigenvalue weighted by molar-refractivity contribution is 0.100. The second-order valence-electron chi connectivity index (χ2n) is 5.05. The van der Waals surface area contributed by atoms with Crippen LogP contribution in [0, 0.1) is 6.92 Å². The lowest BCUT2D eigenvalue weighted by Gasteiger charge is -2.12. The molecule has 0 saturated heterocycles. The van der Waals surface area contributed by atoms with E-state index in [1.54, 1.807) is 0 Å². The third kappa shape index (κ3) is 5.17. The van der Waals surface area contributed by atoms with Crippen LogP contribution in [-0.2, 0) is 11.3 Å². The summed E-state index contributed by atoms with van der Waals surface area (Å²) in [6, 6.07) is 2.70. The average molecular weight is 264 g/mol. The van der Waals surface area contributed by atoms with E-state index in [4.69, 9.17) is 9.47 Å². The van der Waals surface area contributed by atoms with E-state index in [2.05, 4.69) is 17.2 Å². The number of hydrogen-bond donors (Lipinski definition) is 1. The van der Waals surface area contributed by atoms with Gasteiger partial charge in [-0.3, -0.25) is 4.98 Å². The molecule has 2 rings (SSSR count). The van der Waals surface area contributed by atoms with E-state index < -0.39 is 0 Å². The average Bonchev–Trinajstić information content (AvgIpc) is 3.21. The highest BCUT2D eigenvalue weighted by atomic mass is 16.5. The summed E-state index contributed by atoms with van der Waals surface area (Å²) in [5.74, 6) is 0.931. The highest BCUT2D eigenvalue weighted by molar-refractivity contribution is 5.32. The molecule has 1 aliphatic rings. The molecule has 1 fully saturated rings. The maximum Gasteiger partial charge on any atom is 0.127 e. The molecule has 4 nitrogen and oxygen atoms in total. The van der Waals surface area contributed by atoms with Gasteiger partial charge in [-0.25, -0.2) is 0 Å². The van der Waals surface area contributed by atoms with E-state index in [0.717, 1.165) is 36.6 Å². The largest absolute Gasteiger partial charge is 0.491 e. The van der Waals surface area contributed by atoms with Crippen LogP contribution in [-0.4, -0.2) is 30.8 Å². The summed E-state index contributed by atoms with van der Waals surface area (Å²) in [7, 11) is 0. The first-order valence-corrected chi connectivity index (χ1v) is 7.19. The van der Waals surface area contributed by atoms with Crippen LogP contribution in [0.15, 0.2) is 12.3 Å². The van der Waals surface area contributed by atoms with Crippen LogP contribution in [0.2, 0.25) is 0 Å². The summed E-state index contributed by atoms with van der Waals surface area (Å²) < 4.78 is 11.2. The topological polar surface area (TPSA) is 43.4 Å². The SMILES string of the molecule is CCCOCCOc1cc(C)ncc1CNC1CC1. The Morgan fingerprint density at radius 1 is 1.32 bits per heavy atom. The predicted octanol–water partition coefficient (Wildman–Crippen LogP) is 2.45. The standard InChI is InChI=1S/C15H24N2O2/c1-3-6-18-7-8-19-15-9-12(2)16-10-13(15)11-17-14-4-5-14/h9-10,14,17H,3-8,11H2,1-2H3. The molecular weight excluding hydrogens is 240 g/mol. The van der Waals surface area contributed by atoms with Gasteiger partial charge in [-0.15, -0.1) is 0 Å². The normalized spacial score (nSPS) is 14.6. The molecule has 0 aliphatic heterocycles. The minimum Gasteiger partial charge on any atom is -0.491 e. The van der Waals surface area contributed by atoms with Crippen molar-refractivity contribution < 1.29 is 9.47 Å². The Labute approximate surface area is 115 Å². The first-order chi connectivity index (χ1) is 9.29. The monoisotopic (exact) mass is 264 g/mol. The van der Waals surface area contributed by atoms with Gasteiger partial charge in [-0.1, -0.05) is 6.92 Å². The summed E-state index contributed by atoms with van der Waals surface area (Å²) in [6.45, 7) is 6.97. The molecule has 1 aliphatic carbocycles. The lowest BCUT2D eigenvalue weighted by Crippen LogP contribution is -2.17. The fourth-order valence-electron chi connectivity index (χ4n) is 1.83. The van der Waals surface area contributed by atoms with E-state index in [9.17, 15) is 0 Å². The van der Waals surface area contributed by atoms with Crippen molar-refractivity contribution in [3.8, 4) is 5.75 Å². The zero-order valence-corrected chi connectivity index (χ0v) is 11.9. The molecular formula is C15H24N2O2. The molecule has 1 heterocycles. The van der Waals surface area contributed by atoms with Gasteiger partial charge >= 0.3 is 0 Å². The van der Waals surface area contributed by atoms with Crippen molar-refractivity contribution in [1.29, 1.82) is 0 Å². The van der Waals surface area contributed by atoms with Crippen LogP contribution < -0.4 is 10.1 Å². The van der Waals surface area contributed by atoms with Crippen molar-refractivity contribution in [1.82, 2.24) is 10.3 Å². The molecule has 4 heteroatoms. The van der Waals surface area contributed by atoms with Gasteiger partial charge in [-0.05, 0) is 26.2 Å². The van der Waals surface area contributed by atoms with Gasteiger partial charge in [0.05, 0.1) is 6.61 Å². The fourth-order valence-corrected chi connectivity index (χ4v) is 1.83. The summed E-state index contributed by atoms with van der Waals surface area (Å²) in [5, 5.41) is 3.49. The quantitative estimate of drug-likeness (QED) is 0.696. The molecule has 1 aromatic rings. The van der Waals surface area contributed by atoms with Crippen LogP contribution in [0.1, 0.15) is 37.4 Å². The van der Waals surface area contributed by atoms with Crippen molar-refractivity contribution in [2.75, 3.05) is 19.8 Å². The lowest BCUT2D eigenvalue weighted by atomic mass is 10.2. The van der Waals surface area contributed by atoms with Gasteiger partial charge in [0.1, 0.15) is 12.4 Å². The number of ether oxygens (including phenoxy) is 2. The third-order valence-electron chi connectivity index (χ3n) is 3.07. The molecule has 0 atom stereocenters. The van der Waals surface area contributed by atoms with Crippen molar-refractivity contribution in [2.24, 2.45) is 0 Å². The van der Waals surface area contributed by atoms with Gasteiger partial charge in [0, 0.05) is 42.7 Å². The Balaban J connectivity index is 1.82. The molecule has 0 spiro atoms. The zero-order chi connectivity index (χ0) is 13.5.